The van der Waals surface area contributed by atoms with Crippen molar-refractivity contribution >= 4 is 23.6 Å². The van der Waals surface area contributed by atoms with Gasteiger partial charge in [0.15, 0.2) is 0 Å². The Labute approximate surface area is 132 Å². The van der Waals surface area contributed by atoms with Crippen LogP contribution in [0.2, 0.25) is 0 Å². The van der Waals surface area contributed by atoms with E-state index in [9.17, 15) is 9.59 Å². The lowest BCUT2D eigenvalue weighted by molar-refractivity contribution is -0.118. The van der Waals surface area contributed by atoms with E-state index in [-0.39, 0.29) is 18.2 Å². The molecule has 0 spiro atoms. The van der Waals surface area contributed by atoms with Crippen LogP contribution >= 0.6 is 11.8 Å². The minimum absolute atomic E-state index is 0.106. The number of thioether (sulfide) groups is 1. The van der Waals surface area contributed by atoms with Crippen LogP contribution in [0.15, 0.2) is 40.8 Å². The smallest absolute Gasteiger partial charge is 0.371 e. The molecule has 0 saturated carbocycles. The quantitative estimate of drug-likeness (QED) is 0.820. The van der Waals surface area contributed by atoms with Crippen LogP contribution in [-0.2, 0) is 17.1 Å². The number of hydrogen-bond donors (Lipinski definition) is 2. The van der Waals surface area contributed by atoms with Crippen molar-refractivity contribution in [1.29, 1.82) is 0 Å². The van der Waals surface area contributed by atoms with Crippen molar-refractivity contribution in [2.45, 2.75) is 19.2 Å². The molecule has 1 amide bonds. The maximum absolute atomic E-state index is 11.7. The molecule has 1 aromatic heterocycles. The van der Waals surface area contributed by atoms with Crippen LogP contribution in [0.25, 0.3) is 0 Å². The SMILES string of the molecule is Cc1cccc(CSCC(=O)NCc2ccc(C(=O)O)o2)c1. The zero-order valence-corrected chi connectivity index (χ0v) is 13.0. The molecule has 6 heteroatoms. The Bertz CT molecular complexity index is 666. The first-order valence-electron chi connectivity index (χ1n) is 6.76. The zero-order valence-electron chi connectivity index (χ0n) is 12.2. The van der Waals surface area contributed by atoms with E-state index < -0.39 is 5.97 Å². The molecule has 2 rings (SSSR count). The number of carboxylic acid groups (broad SMARTS) is 1. The molecule has 0 saturated heterocycles. The lowest BCUT2D eigenvalue weighted by atomic mass is 10.2. The molecule has 0 aliphatic heterocycles. The van der Waals surface area contributed by atoms with Crippen molar-refractivity contribution in [2.75, 3.05) is 5.75 Å². The van der Waals surface area contributed by atoms with Gasteiger partial charge in [0.25, 0.3) is 0 Å². The second kappa shape index (κ2) is 7.70. The van der Waals surface area contributed by atoms with Crippen molar-refractivity contribution < 1.29 is 19.1 Å². The van der Waals surface area contributed by atoms with Gasteiger partial charge in [-0.1, -0.05) is 29.8 Å². The van der Waals surface area contributed by atoms with E-state index in [1.54, 1.807) is 6.07 Å². The molecule has 1 aromatic carbocycles. The summed E-state index contributed by atoms with van der Waals surface area (Å²) in [6.07, 6.45) is 0. The molecule has 0 atom stereocenters. The Morgan fingerprint density at radius 1 is 1.27 bits per heavy atom. The zero-order chi connectivity index (χ0) is 15.9. The van der Waals surface area contributed by atoms with E-state index in [1.165, 1.54) is 29.0 Å². The molecule has 2 N–H and O–H groups in total. The Kier molecular flexibility index (Phi) is 5.66. The van der Waals surface area contributed by atoms with Crippen LogP contribution in [0, 0.1) is 6.92 Å². The van der Waals surface area contributed by atoms with Crippen LogP contribution in [0.5, 0.6) is 0 Å². The summed E-state index contributed by atoms with van der Waals surface area (Å²) in [5, 5.41) is 11.4. The van der Waals surface area contributed by atoms with Crippen molar-refractivity contribution in [3.8, 4) is 0 Å². The van der Waals surface area contributed by atoms with Gasteiger partial charge in [0.1, 0.15) is 5.76 Å². The third kappa shape index (κ3) is 4.96. The minimum Gasteiger partial charge on any atom is -0.475 e. The molecule has 2 aromatic rings. The standard InChI is InChI=1S/C16H17NO4S/c1-11-3-2-4-12(7-11)9-22-10-15(18)17-8-13-5-6-14(21-13)16(19)20/h2-7H,8-10H2,1H3,(H,17,18)(H,19,20). The van der Waals surface area contributed by atoms with Gasteiger partial charge in [-0.15, -0.1) is 11.8 Å². The monoisotopic (exact) mass is 319 g/mol. The molecule has 0 bridgehead atoms. The number of aryl methyl sites for hydroxylation is 1. The van der Waals surface area contributed by atoms with E-state index in [0.29, 0.717) is 11.5 Å². The Balaban J connectivity index is 1.70. The fourth-order valence-electron chi connectivity index (χ4n) is 1.89. The van der Waals surface area contributed by atoms with Gasteiger partial charge < -0.3 is 14.8 Å². The molecule has 1 heterocycles. The molecule has 0 fully saturated rings. The Morgan fingerprint density at radius 3 is 2.77 bits per heavy atom. The number of hydrogen-bond acceptors (Lipinski definition) is 4. The molecule has 0 aliphatic carbocycles. The summed E-state index contributed by atoms with van der Waals surface area (Å²) in [6.45, 7) is 2.23. The number of rotatable bonds is 7. The highest BCUT2D eigenvalue weighted by atomic mass is 32.2. The summed E-state index contributed by atoms with van der Waals surface area (Å²) >= 11 is 1.53. The van der Waals surface area contributed by atoms with E-state index in [0.717, 1.165) is 5.75 Å². The lowest BCUT2D eigenvalue weighted by Gasteiger charge is -2.04. The van der Waals surface area contributed by atoms with Gasteiger partial charge >= 0.3 is 5.97 Å². The highest BCUT2D eigenvalue weighted by Gasteiger charge is 2.09. The van der Waals surface area contributed by atoms with Gasteiger partial charge in [-0.2, -0.15) is 0 Å². The van der Waals surface area contributed by atoms with E-state index in [1.807, 2.05) is 25.1 Å². The molecule has 22 heavy (non-hydrogen) atoms. The highest BCUT2D eigenvalue weighted by molar-refractivity contribution is 7.99. The normalized spacial score (nSPS) is 10.4. The third-order valence-electron chi connectivity index (χ3n) is 2.92. The summed E-state index contributed by atoms with van der Waals surface area (Å²) in [4.78, 5) is 22.4. The van der Waals surface area contributed by atoms with E-state index in [2.05, 4.69) is 11.4 Å². The number of carbonyl (C=O) groups excluding carboxylic acids is 1. The number of benzene rings is 1. The van der Waals surface area contributed by atoms with Gasteiger partial charge in [-0.3, -0.25) is 4.79 Å². The van der Waals surface area contributed by atoms with Gasteiger partial charge in [0, 0.05) is 5.75 Å². The maximum Gasteiger partial charge on any atom is 0.371 e. The Morgan fingerprint density at radius 2 is 2.09 bits per heavy atom. The number of nitrogens with one attached hydrogen (secondary N) is 1. The summed E-state index contributed by atoms with van der Waals surface area (Å²) < 4.78 is 5.06. The summed E-state index contributed by atoms with van der Waals surface area (Å²) in [6, 6.07) is 11.1. The number of carboxylic acids is 1. The average Bonchev–Trinajstić information content (AvgIpc) is 2.94. The third-order valence-corrected chi connectivity index (χ3v) is 3.92. The first-order chi connectivity index (χ1) is 10.5. The topological polar surface area (TPSA) is 79.5 Å². The molecule has 0 aliphatic rings. The second-order valence-corrected chi connectivity index (χ2v) is 5.82. The first kappa shape index (κ1) is 16.2. The minimum atomic E-state index is -1.12. The van der Waals surface area contributed by atoms with Crippen LogP contribution in [0.3, 0.4) is 0 Å². The summed E-state index contributed by atoms with van der Waals surface area (Å²) in [5.41, 5.74) is 2.39. The predicted octanol–water partition coefficient (Wildman–Crippen LogP) is 2.84. The Hall–Kier alpha value is -2.21. The van der Waals surface area contributed by atoms with Gasteiger partial charge in [0.05, 0.1) is 12.3 Å². The van der Waals surface area contributed by atoms with Crippen LogP contribution in [-0.4, -0.2) is 22.7 Å². The summed E-state index contributed by atoms with van der Waals surface area (Å²) in [5.74, 6) is 0.198. The molecule has 116 valence electrons. The molecular weight excluding hydrogens is 302 g/mol. The van der Waals surface area contributed by atoms with E-state index >= 15 is 0 Å². The molecule has 0 unspecified atom stereocenters. The predicted molar refractivity (Wildman–Crippen MR) is 84.9 cm³/mol. The van der Waals surface area contributed by atoms with Crippen molar-refractivity contribution in [3.05, 3.63) is 59.0 Å². The first-order valence-corrected chi connectivity index (χ1v) is 7.92. The highest BCUT2D eigenvalue weighted by Crippen LogP contribution is 2.13. The van der Waals surface area contributed by atoms with Gasteiger partial charge in [0.2, 0.25) is 11.7 Å². The fourth-order valence-corrected chi connectivity index (χ4v) is 2.69. The molecule has 0 radical (unpaired) electrons. The molecule has 5 nitrogen and oxygen atoms in total. The van der Waals surface area contributed by atoms with Gasteiger partial charge in [-0.25, -0.2) is 4.79 Å². The number of amides is 1. The van der Waals surface area contributed by atoms with Crippen LogP contribution < -0.4 is 5.32 Å². The van der Waals surface area contributed by atoms with Gasteiger partial charge in [-0.05, 0) is 24.6 Å². The average molecular weight is 319 g/mol. The van der Waals surface area contributed by atoms with Crippen molar-refractivity contribution in [3.63, 3.8) is 0 Å². The lowest BCUT2D eigenvalue weighted by Crippen LogP contribution is -2.24. The van der Waals surface area contributed by atoms with Crippen molar-refractivity contribution in [2.24, 2.45) is 0 Å². The largest absolute Gasteiger partial charge is 0.475 e. The van der Waals surface area contributed by atoms with E-state index in [4.69, 9.17) is 9.52 Å². The second-order valence-electron chi connectivity index (χ2n) is 4.83. The number of carbonyl (C=O) groups is 2. The fraction of sp³-hybridized carbons (Fsp3) is 0.250. The van der Waals surface area contributed by atoms with Crippen LogP contribution in [0.4, 0.5) is 0 Å². The summed E-state index contributed by atoms with van der Waals surface area (Å²) in [7, 11) is 0. The van der Waals surface area contributed by atoms with Crippen molar-refractivity contribution in [1.82, 2.24) is 5.32 Å². The maximum atomic E-state index is 11.7. The van der Waals surface area contributed by atoms with Crippen LogP contribution in [0.1, 0.15) is 27.4 Å². The number of furan rings is 1. The molecular formula is C16H17NO4S. The number of aromatic carboxylic acids is 1.